The zero-order valence-corrected chi connectivity index (χ0v) is 12.8. The van der Waals surface area contributed by atoms with Crippen LogP contribution in [0.5, 0.6) is 0 Å². The lowest BCUT2D eigenvalue weighted by Crippen LogP contribution is -2.36. The molecule has 10 heteroatoms. The van der Waals surface area contributed by atoms with Crippen LogP contribution in [0.3, 0.4) is 0 Å². The number of likely N-dealkylation sites (tertiary alicyclic amines) is 1. The summed E-state index contributed by atoms with van der Waals surface area (Å²) in [4.78, 5) is 2.05. The van der Waals surface area contributed by atoms with Gasteiger partial charge in [-0.3, -0.25) is 5.10 Å². The van der Waals surface area contributed by atoms with Gasteiger partial charge >= 0.3 is 6.18 Å². The van der Waals surface area contributed by atoms with Crippen molar-refractivity contribution < 1.29 is 21.6 Å². The number of nitrogens with one attached hydrogen (secondary N) is 1. The molecule has 1 atom stereocenters. The average Bonchev–Trinajstić information content (AvgIpc) is 2.87. The second-order valence-corrected chi connectivity index (χ2v) is 7.30. The van der Waals surface area contributed by atoms with Crippen LogP contribution in [0.1, 0.15) is 36.6 Å². The number of aromatic nitrogens is 2. The molecule has 1 saturated heterocycles. The van der Waals surface area contributed by atoms with E-state index < -0.39 is 21.9 Å². The van der Waals surface area contributed by atoms with Crippen LogP contribution in [-0.4, -0.2) is 48.9 Å². The largest absolute Gasteiger partial charge is 0.435 e. The maximum absolute atomic E-state index is 12.6. The van der Waals surface area contributed by atoms with E-state index in [-0.39, 0.29) is 11.7 Å². The van der Waals surface area contributed by atoms with Gasteiger partial charge in [0.05, 0.1) is 5.75 Å². The van der Waals surface area contributed by atoms with E-state index in [0.717, 1.165) is 25.5 Å². The quantitative estimate of drug-likeness (QED) is 0.845. The number of rotatable bonds is 5. The Morgan fingerprint density at radius 3 is 2.77 bits per heavy atom. The van der Waals surface area contributed by atoms with Crippen LogP contribution in [-0.2, 0) is 16.2 Å². The van der Waals surface area contributed by atoms with Crippen molar-refractivity contribution in [2.24, 2.45) is 5.14 Å². The lowest BCUT2D eigenvalue weighted by molar-refractivity contribution is -0.141. The maximum Gasteiger partial charge on any atom is 0.435 e. The maximum atomic E-state index is 12.6. The average molecular weight is 340 g/mol. The number of hydrogen-bond donors (Lipinski definition) is 2. The molecule has 1 fully saturated rings. The molecule has 6 nitrogen and oxygen atoms in total. The van der Waals surface area contributed by atoms with Crippen LogP contribution in [0.15, 0.2) is 6.07 Å². The topological polar surface area (TPSA) is 92.1 Å². The van der Waals surface area contributed by atoms with Crippen molar-refractivity contribution in [3.63, 3.8) is 0 Å². The summed E-state index contributed by atoms with van der Waals surface area (Å²) < 4.78 is 59.5. The lowest BCUT2D eigenvalue weighted by Gasteiger charge is -2.32. The summed E-state index contributed by atoms with van der Waals surface area (Å²) in [6, 6.07) is 1.05. The van der Waals surface area contributed by atoms with Gasteiger partial charge in [-0.1, -0.05) is 0 Å². The number of halogens is 3. The van der Waals surface area contributed by atoms with Crippen molar-refractivity contribution in [2.45, 2.75) is 31.4 Å². The highest BCUT2D eigenvalue weighted by Gasteiger charge is 2.35. The van der Waals surface area contributed by atoms with Crippen LogP contribution < -0.4 is 5.14 Å². The number of nitrogens with zero attached hydrogens (tertiary/aromatic N) is 2. The van der Waals surface area contributed by atoms with Gasteiger partial charge < -0.3 is 4.90 Å². The fraction of sp³-hybridized carbons (Fsp3) is 0.750. The molecular weight excluding hydrogens is 321 g/mol. The van der Waals surface area contributed by atoms with Crippen molar-refractivity contribution in [3.8, 4) is 0 Å². The number of primary sulfonamides is 1. The van der Waals surface area contributed by atoms with Gasteiger partial charge in [0.25, 0.3) is 0 Å². The van der Waals surface area contributed by atoms with E-state index in [1.165, 1.54) is 0 Å². The number of nitrogens with two attached hydrogens (primary N) is 1. The second-order valence-electron chi connectivity index (χ2n) is 5.57. The van der Waals surface area contributed by atoms with E-state index in [2.05, 4.69) is 10.2 Å². The molecule has 0 saturated carbocycles. The van der Waals surface area contributed by atoms with Crippen molar-refractivity contribution in [1.82, 2.24) is 15.1 Å². The summed E-state index contributed by atoms with van der Waals surface area (Å²) in [5.41, 5.74) is -0.433. The highest BCUT2D eigenvalue weighted by molar-refractivity contribution is 7.89. The molecule has 0 amide bonds. The SMILES string of the molecule is NS(=O)(=O)CCCN1CCCC(c2cc(C(F)(F)F)n[nH]2)C1. The Hall–Kier alpha value is -1.13. The molecule has 22 heavy (non-hydrogen) atoms. The molecule has 1 unspecified atom stereocenters. The monoisotopic (exact) mass is 340 g/mol. The molecule has 1 aromatic rings. The number of H-pyrrole nitrogens is 1. The van der Waals surface area contributed by atoms with Gasteiger partial charge in [-0.05, 0) is 38.4 Å². The molecule has 1 aliphatic heterocycles. The predicted molar refractivity (Wildman–Crippen MR) is 74.6 cm³/mol. The Kier molecular flexibility index (Phi) is 5.13. The number of alkyl halides is 3. The first kappa shape index (κ1) is 17.2. The minimum atomic E-state index is -4.45. The Labute approximate surface area is 126 Å². The first-order chi connectivity index (χ1) is 10.1. The van der Waals surface area contributed by atoms with Crippen LogP contribution in [0.2, 0.25) is 0 Å². The molecule has 1 aromatic heterocycles. The third kappa shape index (κ3) is 4.96. The van der Waals surface area contributed by atoms with Crippen LogP contribution in [0.25, 0.3) is 0 Å². The molecule has 0 spiro atoms. The van der Waals surface area contributed by atoms with Crippen molar-refractivity contribution >= 4 is 10.0 Å². The molecule has 3 N–H and O–H groups in total. The highest BCUT2D eigenvalue weighted by Crippen LogP contribution is 2.31. The second kappa shape index (κ2) is 6.55. The Balaban J connectivity index is 1.91. The van der Waals surface area contributed by atoms with Gasteiger partial charge in [-0.2, -0.15) is 18.3 Å². The summed E-state index contributed by atoms with van der Waals surface area (Å²) in [6.45, 7) is 1.96. The van der Waals surface area contributed by atoms with Crippen LogP contribution in [0.4, 0.5) is 13.2 Å². The Bertz CT molecular complexity index is 600. The number of hydrogen-bond acceptors (Lipinski definition) is 4. The standard InChI is InChI=1S/C12H19F3N4O2S/c13-12(14,15)11-7-10(17-18-11)9-3-1-4-19(8-9)5-2-6-22(16,20)21/h7,9H,1-6,8H2,(H,17,18)(H2,16,20,21). The van der Waals surface area contributed by atoms with E-state index in [1.807, 2.05) is 4.90 Å². The third-order valence-corrected chi connectivity index (χ3v) is 4.59. The van der Waals surface area contributed by atoms with E-state index >= 15 is 0 Å². The molecule has 0 aromatic carbocycles. The summed E-state index contributed by atoms with van der Waals surface area (Å²) in [7, 11) is -3.47. The third-order valence-electron chi connectivity index (χ3n) is 3.74. The number of sulfonamides is 1. The summed E-state index contributed by atoms with van der Waals surface area (Å²) in [6.07, 6.45) is -2.40. The van der Waals surface area contributed by atoms with Crippen molar-refractivity contribution in [1.29, 1.82) is 0 Å². The fourth-order valence-electron chi connectivity index (χ4n) is 2.69. The van der Waals surface area contributed by atoms with E-state index in [1.54, 1.807) is 0 Å². The zero-order valence-electron chi connectivity index (χ0n) is 11.9. The first-order valence-corrected chi connectivity index (χ1v) is 8.72. The summed E-state index contributed by atoms with van der Waals surface area (Å²) in [5.74, 6) is -0.136. The van der Waals surface area contributed by atoms with Gasteiger partial charge in [0.2, 0.25) is 10.0 Å². The van der Waals surface area contributed by atoms with Gasteiger partial charge in [-0.15, -0.1) is 0 Å². The summed E-state index contributed by atoms with van der Waals surface area (Å²) in [5, 5.41) is 10.7. The molecule has 0 radical (unpaired) electrons. The smallest absolute Gasteiger partial charge is 0.303 e. The van der Waals surface area contributed by atoms with Gasteiger partial charge in [-0.25, -0.2) is 13.6 Å². The van der Waals surface area contributed by atoms with Crippen molar-refractivity contribution in [2.75, 3.05) is 25.4 Å². The number of aromatic amines is 1. The van der Waals surface area contributed by atoms with E-state index in [4.69, 9.17) is 5.14 Å². The van der Waals surface area contributed by atoms with Crippen molar-refractivity contribution in [3.05, 3.63) is 17.5 Å². The number of piperidine rings is 1. The lowest BCUT2D eigenvalue weighted by atomic mass is 9.94. The molecule has 2 heterocycles. The molecule has 0 aliphatic carbocycles. The van der Waals surface area contributed by atoms with Gasteiger partial charge in [0.1, 0.15) is 0 Å². The minimum Gasteiger partial charge on any atom is -0.303 e. The van der Waals surface area contributed by atoms with Gasteiger partial charge in [0.15, 0.2) is 5.69 Å². The molecule has 1 aliphatic rings. The molecule has 0 bridgehead atoms. The predicted octanol–water partition coefficient (Wildman–Crippen LogP) is 1.29. The fourth-order valence-corrected chi connectivity index (χ4v) is 3.22. The van der Waals surface area contributed by atoms with Gasteiger partial charge in [0, 0.05) is 18.2 Å². The molecular formula is C12H19F3N4O2S. The van der Waals surface area contributed by atoms with Crippen LogP contribution >= 0.6 is 0 Å². The summed E-state index contributed by atoms with van der Waals surface area (Å²) >= 11 is 0. The highest BCUT2D eigenvalue weighted by atomic mass is 32.2. The van der Waals surface area contributed by atoms with Crippen LogP contribution in [0, 0.1) is 0 Å². The molecule has 2 rings (SSSR count). The normalized spacial score (nSPS) is 21.2. The van der Waals surface area contributed by atoms with E-state index in [9.17, 15) is 21.6 Å². The Morgan fingerprint density at radius 2 is 2.18 bits per heavy atom. The molecule has 126 valence electrons. The first-order valence-electron chi connectivity index (χ1n) is 7.00. The zero-order chi connectivity index (χ0) is 16.4. The minimum absolute atomic E-state index is 0.0492. The Morgan fingerprint density at radius 1 is 1.45 bits per heavy atom. The van der Waals surface area contributed by atoms with E-state index in [0.29, 0.717) is 25.2 Å².